The Kier molecular flexibility index (Phi) is 4.82. The summed E-state index contributed by atoms with van der Waals surface area (Å²) < 4.78 is 27.0. The van der Waals surface area contributed by atoms with Gasteiger partial charge in [-0.2, -0.15) is 0 Å². The number of pyridine rings is 1. The summed E-state index contributed by atoms with van der Waals surface area (Å²) in [6, 6.07) is 9.31. The lowest BCUT2D eigenvalue weighted by atomic mass is 10.1. The monoisotopic (exact) mass is 326 g/mol. The fourth-order valence-electron chi connectivity index (χ4n) is 1.77. The van der Waals surface area contributed by atoms with Crippen LogP contribution in [0.4, 0.5) is 5.82 Å². The molecular formula is C14H15ClN2O3S. The lowest BCUT2D eigenvalue weighted by Gasteiger charge is -2.12. The molecule has 112 valence electrons. The van der Waals surface area contributed by atoms with E-state index in [0.29, 0.717) is 12.0 Å². The fraction of sp³-hybridized carbons (Fsp3) is 0.214. The zero-order valence-corrected chi connectivity index (χ0v) is 12.9. The van der Waals surface area contributed by atoms with Crippen LogP contribution in [0, 0.1) is 0 Å². The highest BCUT2D eigenvalue weighted by atomic mass is 35.5. The molecule has 0 saturated carbocycles. The van der Waals surface area contributed by atoms with Crippen LogP contribution in [0.5, 0.6) is 0 Å². The number of hydrogen-bond acceptors (Lipinski definition) is 4. The second kappa shape index (κ2) is 6.43. The van der Waals surface area contributed by atoms with Crippen LogP contribution in [0.2, 0.25) is 5.02 Å². The lowest BCUT2D eigenvalue weighted by molar-refractivity contribution is 0.173. The van der Waals surface area contributed by atoms with Gasteiger partial charge < -0.3 is 5.11 Å². The van der Waals surface area contributed by atoms with Gasteiger partial charge in [0.15, 0.2) is 5.82 Å². The molecule has 0 fully saturated rings. The van der Waals surface area contributed by atoms with Crippen LogP contribution in [0.25, 0.3) is 0 Å². The summed E-state index contributed by atoms with van der Waals surface area (Å²) in [7, 11) is -3.81. The van der Waals surface area contributed by atoms with Gasteiger partial charge in [0.25, 0.3) is 10.0 Å². The van der Waals surface area contributed by atoms with Gasteiger partial charge in [0.1, 0.15) is 0 Å². The number of hydrogen-bond donors (Lipinski definition) is 2. The van der Waals surface area contributed by atoms with Crippen molar-refractivity contribution in [2.45, 2.75) is 24.3 Å². The largest absolute Gasteiger partial charge is 0.388 e. The second-order valence-corrected chi connectivity index (χ2v) is 6.53. The van der Waals surface area contributed by atoms with E-state index in [0.717, 1.165) is 0 Å². The molecule has 0 spiro atoms. The highest BCUT2D eigenvalue weighted by Crippen LogP contribution is 2.24. The molecule has 2 N–H and O–H groups in total. The van der Waals surface area contributed by atoms with Crippen molar-refractivity contribution >= 4 is 27.4 Å². The Morgan fingerprint density at radius 2 is 2.10 bits per heavy atom. The van der Waals surface area contributed by atoms with E-state index in [1.54, 1.807) is 24.3 Å². The van der Waals surface area contributed by atoms with Gasteiger partial charge in [-0.25, -0.2) is 13.4 Å². The summed E-state index contributed by atoms with van der Waals surface area (Å²) >= 11 is 5.89. The molecule has 0 amide bonds. The van der Waals surface area contributed by atoms with Crippen molar-refractivity contribution < 1.29 is 13.5 Å². The molecule has 0 aliphatic heterocycles. The maximum atomic E-state index is 12.3. The van der Waals surface area contributed by atoms with E-state index < -0.39 is 16.1 Å². The van der Waals surface area contributed by atoms with Crippen LogP contribution < -0.4 is 4.72 Å². The molecule has 1 aromatic carbocycles. The first-order valence-electron chi connectivity index (χ1n) is 6.35. The first kappa shape index (κ1) is 15.8. The van der Waals surface area contributed by atoms with Crippen molar-refractivity contribution in [3.8, 4) is 0 Å². The third kappa shape index (κ3) is 3.72. The summed E-state index contributed by atoms with van der Waals surface area (Å²) in [6.45, 7) is 1.82. The Morgan fingerprint density at radius 3 is 2.76 bits per heavy atom. The number of anilines is 1. The number of nitrogens with zero attached hydrogens (tertiary/aromatic N) is 1. The average molecular weight is 327 g/mol. The van der Waals surface area contributed by atoms with Crippen molar-refractivity contribution in [1.82, 2.24) is 4.98 Å². The first-order chi connectivity index (χ1) is 9.94. The second-order valence-electron chi connectivity index (χ2n) is 4.44. The van der Waals surface area contributed by atoms with E-state index in [1.165, 1.54) is 18.3 Å². The van der Waals surface area contributed by atoms with Crippen LogP contribution >= 0.6 is 11.6 Å². The molecule has 0 radical (unpaired) electrons. The van der Waals surface area contributed by atoms with Gasteiger partial charge in [0.2, 0.25) is 0 Å². The highest BCUT2D eigenvalue weighted by molar-refractivity contribution is 7.92. The summed E-state index contributed by atoms with van der Waals surface area (Å²) in [5.41, 5.74) is 0.549. The van der Waals surface area contributed by atoms with Gasteiger partial charge >= 0.3 is 0 Å². The molecule has 0 bridgehead atoms. The highest BCUT2D eigenvalue weighted by Gasteiger charge is 2.18. The van der Waals surface area contributed by atoms with E-state index >= 15 is 0 Å². The van der Waals surface area contributed by atoms with E-state index in [1.807, 2.05) is 6.92 Å². The minimum Gasteiger partial charge on any atom is -0.388 e. The number of aliphatic hydroxyl groups excluding tert-OH is 1. The van der Waals surface area contributed by atoms with Crippen molar-refractivity contribution in [2.75, 3.05) is 4.72 Å². The van der Waals surface area contributed by atoms with Crippen molar-refractivity contribution in [3.63, 3.8) is 0 Å². The number of halogens is 1. The fourth-order valence-corrected chi connectivity index (χ4v) is 3.08. The van der Waals surface area contributed by atoms with Gasteiger partial charge in [-0.15, -0.1) is 0 Å². The van der Waals surface area contributed by atoms with Gasteiger partial charge in [0, 0.05) is 6.20 Å². The Morgan fingerprint density at radius 1 is 1.33 bits per heavy atom. The van der Waals surface area contributed by atoms with E-state index in [9.17, 15) is 13.5 Å². The van der Waals surface area contributed by atoms with Gasteiger partial charge in [-0.05, 0) is 36.2 Å². The molecule has 1 atom stereocenters. The van der Waals surface area contributed by atoms with E-state index in [2.05, 4.69) is 9.71 Å². The van der Waals surface area contributed by atoms with Crippen molar-refractivity contribution in [2.24, 2.45) is 0 Å². The van der Waals surface area contributed by atoms with Gasteiger partial charge in [0.05, 0.1) is 16.0 Å². The number of rotatable bonds is 5. The third-order valence-corrected chi connectivity index (χ3v) is 4.57. The Balaban J connectivity index is 2.34. The zero-order chi connectivity index (χ0) is 15.5. The minimum atomic E-state index is -3.81. The number of nitrogens with one attached hydrogen (secondary N) is 1. The van der Waals surface area contributed by atoms with Crippen LogP contribution in [0.1, 0.15) is 25.0 Å². The van der Waals surface area contributed by atoms with E-state index in [4.69, 9.17) is 11.6 Å². The Labute approximate surface area is 128 Å². The molecule has 1 aromatic heterocycles. The number of sulfonamides is 1. The van der Waals surface area contributed by atoms with Crippen LogP contribution in [-0.2, 0) is 10.0 Å². The molecule has 0 aliphatic carbocycles. The summed E-state index contributed by atoms with van der Waals surface area (Å²) in [4.78, 5) is 3.94. The standard InChI is InChI=1S/C14H15ClN2O3S/c1-2-13(18)10-5-3-6-11(9-10)21(19,20)17-14-12(15)7-4-8-16-14/h3-9,13,18H,2H2,1H3,(H,16,17). The topological polar surface area (TPSA) is 79.3 Å². The molecule has 0 saturated heterocycles. The lowest BCUT2D eigenvalue weighted by Crippen LogP contribution is -2.14. The predicted octanol–water partition coefficient (Wildman–Crippen LogP) is 2.98. The molecule has 0 aliphatic rings. The average Bonchev–Trinajstić information content (AvgIpc) is 2.49. The quantitative estimate of drug-likeness (QED) is 0.885. The maximum absolute atomic E-state index is 12.3. The van der Waals surface area contributed by atoms with Crippen molar-refractivity contribution in [1.29, 1.82) is 0 Å². The number of aromatic nitrogens is 1. The van der Waals surface area contributed by atoms with Crippen LogP contribution in [0.3, 0.4) is 0 Å². The molecule has 2 rings (SSSR count). The molecule has 21 heavy (non-hydrogen) atoms. The van der Waals surface area contributed by atoms with Gasteiger partial charge in [-0.1, -0.05) is 30.7 Å². The molecule has 1 heterocycles. The molecule has 1 unspecified atom stereocenters. The SMILES string of the molecule is CCC(O)c1cccc(S(=O)(=O)Nc2ncccc2Cl)c1. The smallest absolute Gasteiger partial charge is 0.263 e. The Hall–Kier alpha value is -1.63. The van der Waals surface area contributed by atoms with Gasteiger partial charge in [-0.3, -0.25) is 4.72 Å². The van der Waals surface area contributed by atoms with Crippen LogP contribution in [0.15, 0.2) is 47.5 Å². The van der Waals surface area contributed by atoms with Crippen molar-refractivity contribution in [3.05, 3.63) is 53.2 Å². The van der Waals surface area contributed by atoms with E-state index in [-0.39, 0.29) is 15.7 Å². The number of aliphatic hydroxyl groups is 1. The molecular weight excluding hydrogens is 312 g/mol. The minimum absolute atomic E-state index is 0.0502. The third-order valence-electron chi connectivity index (χ3n) is 2.93. The van der Waals surface area contributed by atoms with Crippen LogP contribution in [-0.4, -0.2) is 18.5 Å². The summed E-state index contributed by atoms with van der Waals surface area (Å²) in [6.07, 6.45) is 1.25. The first-order valence-corrected chi connectivity index (χ1v) is 8.21. The maximum Gasteiger partial charge on any atom is 0.263 e. The molecule has 7 heteroatoms. The normalized spacial score (nSPS) is 12.9. The Bertz CT molecular complexity index is 735. The molecule has 2 aromatic rings. The predicted molar refractivity (Wildman–Crippen MR) is 81.7 cm³/mol. The number of benzene rings is 1. The summed E-state index contributed by atoms with van der Waals surface area (Å²) in [5.74, 6) is 0.0700. The molecule has 5 nitrogen and oxygen atoms in total. The summed E-state index contributed by atoms with van der Waals surface area (Å²) in [5, 5.41) is 10.0. The zero-order valence-electron chi connectivity index (χ0n) is 11.3.